The van der Waals surface area contributed by atoms with Gasteiger partial charge in [-0.3, -0.25) is 4.79 Å². The first-order chi connectivity index (χ1) is 12.8. The zero-order valence-corrected chi connectivity index (χ0v) is 14.8. The molecular formula is C19H23N5O2. The van der Waals surface area contributed by atoms with Crippen LogP contribution in [0, 0.1) is 0 Å². The second kappa shape index (κ2) is 6.46. The third-order valence-corrected chi connectivity index (χ3v) is 5.63. The van der Waals surface area contributed by atoms with E-state index in [1.54, 1.807) is 10.7 Å². The Morgan fingerprint density at radius 2 is 2.04 bits per heavy atom. The first-order valence-electron chi connectivity index (χ1n) is 9.54. The second-order valence-electron chi connectivity index (χ2n) is 7.52. The van der Waals surface area contributed by atoms with Crippen LogP contribution < -0.4 is 10.5 Å². The zero-order chi connectivity index (χ0) is 17.5. The van der Waals surface area contributed by atoms with Gasteiger partial charge in [0.15, 0.2) is 0 Å². The van der Waals surface area contributed by atoms with Gasteiger partial charge in [-0.2, -0.15) is 5.10 Å². The number of nitrogens with zero attached hydrogens (tertiary/aromatic N) is 5. The van der Waals surface area contributed by atoms with Crippen molar-refractivity contribution in [2.75, 3.05) is 18.1 Å². The van der Waals surface area contributed by atoms with E-state index < -0.39 is 0 Å². The summed E-state index contributed by atoms with van der Waals surface area (Å²) in [7, 11) is 0. The molecule has 2 fully saturated rings. The van der Waals surface area contributed by atoms with Crippen molar-refractivity contribution in [1.82, 2.24) is 19.7 Å². The van der Waals surface area contributed by atoms with Crippen molar-refractivity contribution in [2.24, 2.45) is 0 Å². The third kappa shape index (κ3) is 3.00. The smallest absolute Gasteiger partial charge is 0.267 e. The second-order valence-corrected chi connectivity index (χ2v) is 7.52. The van der Waals surface area contributed by atoms with Crippen LogP contribution in [0.15, 0.2) is 23.3 Å². The Balaban J connectivity index is 1.36. The van der Waals surface area contributed by atoms with Crippen molar-refractivity contribution < 1.29 is 4.74 Å². The number of fused-ring (bicyclic) bond motifs is 1. The summed E-state index contributed by atoms with van der Waals surface area (Å²) in [6.07, 6.45) is 9.35. The molecule has 3 aliphatic rings. The fourth-order valence-electron chi connectivity index (χ4n) is 3.98. The average molecular weight is 353 g/mol. The molecule has 26 heavy (non-hydrogen) atoms. The summed E-state index contributed by atoms with van der Waals surface area (Å²) in [5, 5.41) is 4.61. The number of hydrogen-bond acceptors (Lipinski definition) is 6. The molecule has 1 saturated carbocycles. The summed E-state index contributed by atoms with van der Waals surface area (Å²) < 4.78 is 7.03. The molecular weight excluding hydrogens is 330 g/mol. The normalized spacial score (nSPS) is 22.5. The monoisotopic (exact) mass is 353 g/mol. The highest BCUT2D eigenvalue weighted by Crippen LogP contribution is 2.39. The Kier molecular flexibility index (Phi) is 3.96. The van der Waals surface area contributed by atoms with Crippen LogP contribution in [0.1, 0.15) is 48.4 Å². The lowest BCUT2D eigenvalue weighted by atomic mass is 10.1. The molecule has 4 heterocycles. The van der Waals surface area contributed by atoms with E-state index in [1.165, 1.54) is 18.4 Å². The lowest BCUT2D eigenvalue weighted by molar-refractivity contribution is 0.108. The molecule has 0 N–H and O–H groups in total. The van der Waals surface area contributed by atoms with E-state index in [9.17, 15) is 4.79 Å². The largest absolute Gasteiger partial charge is 0.376 e. The topological polar surface area (TPSA) is 73.1 Å². The molecule has 2 aromatic heterocycles. The van der Waals surface area contributed by atoms with Gasteiger partial charge < -0.3 is 9.64 Å². The van der Waals surface area contributed by atoms with E-state index in [0.717, 1.165) is 43.0 Å². The molecule has 2 aromatic rings. The molecule has 0 bridgehead atoms. The van der Waals surface area contributed by atoms with Crippen LogP contribution in [0.25, 0.3) is 0 Å². The van der Waals surface area contributed by atoms with Crippen molar-refractivity contribution in [3.05, 3.63) is 45.6 Å². The van der Waals surface area contributed by atoms with Gasteiger partial charge in [0.2, 0.25) is 5.95 Å². The molecule has 1 aliphatic carbocycles. The molecule has 7 heteroatoms. The summed E-state index contributed by atoms with van der Waals surface area (Å²) in [5.74, 6) is 1.44. The minimum Gasteiger partial charge on any atom is -0.376 e. The standard InChI is InChI=1S/C19H23N5O2/c25-18-8-14-12-26-7-5-17(14)22-24(18)11-16-2-1-6-23(16)19-20-9-15(10-21-19)13-3-4-13/h8-10,13,16H,1-7,11-12H2. The van der Waals surface area contributed by atoms with Gasteiger partial charge in [0.1, 0.15) is 0 Å². The fourth-order valence-corrected chi connectivity index (χ4v) is 3.98. The van der Waals surface area contributed by atoms with E-state index in [2.05, 4.69) is 20.0 Å². The Hall–Kier alpha value is -2.28. The Bertz CT molecular complexity index is 859. The Labute approximate surface area is 152 Å². The maximum Gasteiger partial charge on any atom is 0.267 e. The molecule has 7 nitrogen and oxygen atoms in total. The van der Waals surface area contributed by atoms with E-state index >= 15 is 0 Å². The lowest BCUT2D eigenvalue weighted by Gasteiger charge is -2.25. The van der Waals surface area contributed by atoms with Crippen molar-refractivity contribution >= 4 is 5.95 Å². The SMILES string of the molecule is O=c1cc2c(nn1CC1CCCN1c1ncc(C3CC3)cn1)CCOC2. The molecule has 0 spiro atoms. The van der Waals surface area contributed by atoms with Crippen LogP contribution in [0.2, 0.25) is 0 Å². The van der Waals surface area contributed by atoms with Crippen LogP contribution in [-0.2, 0) is 24.3 Å². The number of ether oxygens (including phenoxy) is 1. The van der Waals surface area contributed by atoms with Crippen molar-refractivity contribution in [3.63, 3.8) is 0 Å². The lowest BCUT2D eigenvalue weighted by Crippen LogP contribution is -2.38. The summed E-state index contributed by atoms with van der Waals surface area (Å²) in [6.45, 7) is 2.69. The minimum atomic E-state index is -0.0499. The van der Waals surface area contributed by atoms with Gasteiger partial charge >= 0.3 is 0 Å². The Morgan fingerprint density at radius 1 is 1.19 bits per heavy atom. The molecule has 1 saturated heterocycles. The maximum absolute atomic E-state index is 12.4. The fraction of sp³-hybridized carbons (Fsp3) is 0.579. The predicted molar refractivity (Wildman–Crippen MR) is 96.2 cm³/mol. The number of hydrogen-bond donors (Lipinski definition) is 0. The van der Waals surface area contributed by atoms with E-state index in [1.807, 2.05) is 12.4 Å². The van der Waals surface area contributed by atoms with Gasteiger partial charge in [-0.15, -0.1) is 0 Å². The maximum atomic E-state index is 12.4. The molecule has 1 atom stereocenters. The van der Waals surface area contributed by atoms with Crippen molar-refractivity contribution in [1.29, 1.82) is 0 Å². The molecule has 5 rings (SSSR count). The molecule has 2 aliphatic heterocycles. The highest BCUT2D eigenvalue weighted by atomic mass is 16.5. The van der Waals surface area contributed by atoms with Crippen LogP contribution >= 0.6 is 0 Å². The van der Waals surface area contributed by atoms with Gasteiger partial charge in [-0.1, -0.05) is 0 Å². The molecule has 1 unspecified atom stereocenters. The van der Waals surface area contributed by atoms with Crippen LogP contribution in [0.5, 0.6) is 0 Å². The van der Waals surface area contributed by atoms with Crippen LogP contribution in [-0.4, -0.2) is 38.9 Å². The molecule has 136 valence electrons. The van der Waals surface area contributed by atoms with Crippen LogP contribution in [0.4, 0.5) is 5.95 Å². The molecule has 0 aromatic carbocycles. The van der Waals surface area contributed by atoms with E-state index in [0.29, 0.717) is 25.7 Å². The first kappa shape index (κ1) is 15.9. The minimum absolute atomic E-state index is 0.0499. The van der Waals surface area contributed by atoms with Crippen LogP contribution in [0.3, 0.4) is 0 Å². The number of aromatic nitrogens is 4. The van der Waals surface area contributed by atoms with Gasteiger partial charge in [0.25, 0.3) is 5.56 Å². The van der Waals surface area contributed by atoms with E-state index in [4.69, 9.17) is 4.74 Å². The molecule has 0 amide bonds. The van der Waals surface area contributed by atoms with Gasteiger partial charge in [-0.25, -0.2) is 14.6 Å². The summed E-state index contributed by atoms with van der Waals surface area (Å²) in [5.41, 5.74) is 3.12. The average Bonchev–Trinajstić information content (AvgIpc) is 3.42. The molecule has 0 radical (unpaired) electrons. The summed E-state index contributed by atoms with van der Waals surface area (Å²) in [6, 6.07) is 1.90. The van der Waals surface area contributed by atoms with Crippen molar-refractivity contribution in [2.45, 2.75) is 57.2 Å². The highest BCUT2D eigenvalue weighted by Gasteiger charge is 2.29. The summed E-state index contributed by atoms with van der Waals surface area (Å²) in [4.78, 5) is 23.9. The summed E-state index contributed by atoms with van der Waals surface area (Å²) >= 11 is 0. The third-order valence-electron chi connectivity index (χ3n) is 5.63. The van der Waals surface area contributed by atoms with Gasteiger partial charge in [0, 0.05) is 37.0 Å². The van der Waals surface area contributed by atoms with Gasteiger partial charge in [-0.05, 0) is 37.2 Å². The predicted octanol–water partition coefficient (Wildman–Crippen LogP) is 1.65. The van der Waals surface area contributed by atoms with Gasteiger partial charge in [0.05, 0.1) is 31.5 Å². The zero-order valence-electron chi connectivity index (χ0n) is 14.8. The quantitative estimate of drug-likeness (QED) is 0.832. The van der Waals surface area contributed by atoms with Crippen molar-refractivity contribution in [3.8, 4) is 0 Å². The number of anilines is 1. The van der Waals surface area contributed by atoms with E-state index in [-0.39, 0.29) is 11.6 Å². The number of rotatable bonds is 4. The Morgan fingerprint density at radius 3 is 2.85 bits per heavy atom. The first-order valence-corrected chi connectivity index (χ1v) is 9.54. The highest BCUT2D eigenvalue weighted by molar-refractivity contribution is 5.34.